The van der Waals surface area contributed by atoms with E-state index in [1.54, 1.807) is 18.2 Å². The number of halogens is 4. The number of rotatable bonds is 3. The predicted octanol–water partition coefficient (Wildman–Crippen LogP) is 2.97. The Hall–Kier alpha value is -1.80. The van der Waals surface area contributed by atoms with Crippen molar-refractivity contribution in [2.24, 2.45) is 0 Å². The largest absolute Gasteiger partial charge is 0.401 e. The molecule has 0 saturated carbocycles. The van der Waals surface area contributed by atoms with Gasteiger partial charge in [0, 0.05) is 23.0 Å². The van der Waals surface area contributed by atoms with Crippen LogP contribution in [0.4, 0.5) is 13.2 Å². The molecule has 1 saturated heterocycles. The number of fused-ring (bicyclic) bond motifs is 1. The van der Waals surface area contributed by atoms with E-state index < -0.39 is 18.6 Å². The Morgan fingerprint density at radius 1 is 1.46 bits per heavy atom. The Morgan fingerprint density at radius 2 is 2.25 bits per heavy atom. The van der Waals surface area contributed by atoms with Crippen molar-refractivity contribution in [2.45, 2.75) is 25.1 Å². The Kier molecular flexibility index (Phi) is 4.69. The van der Waals surface area contributed by atoms with E-state index in [9.17, 15) is 18.0 Å². The number of likely N-dealkylation sites (tertiary alicyclic amines) is 1. The maximum Gasteiger partial charge on any atom is 0.401 e. The van der Waals surface area contributed by atoms with Crippen molar-refractivity contribution in [1.82, 2.24) is 20.4 Å². The van der Waals surface area contributed by atoms with Crippen LogP contribution in [0.2, 0.25) is 5.02 Å². The fourth-order valence-corrected chi connectivity index (χ4v) is 3.16. The molecule has 0 radical (unpaired) electrons. The first kappa shape index (κ1) is 17.0. The summed E-state index contributed by atoms with van der Waals surface area (Å²) in [7, 11) is 0. The Bertz CT molecular complexity index is 746. The molecule has 2 heterocycles. The summed E-state index contributed by atoms with van der Waals surface area (Å²) in [5.74, 6) is -0.414. The number of benzene rings is 1. The molecule has 1 aromatic heterocycles. The van der Waals surface area contributed by atoms with Gasteiger partial charge in [-0.2, -0.15) is 18.3 Å². The van der Waals surface area contributed by atoms with E-state index in [1.165, 1.54) is 4.90 Å². The zero-order chi connectivity index (χ0) is 17.3. The van der Waals surface area contributed by atoms with Crippen molar-refractivity contribution < 1.29 is 18.0 Å². The lowest BCUT2D eigenvalue weighted by molar-refractivity contribution is -0.148. The van der Waals surface area contributed by atoms with Crippen LogP contribution in [-0.4, -0.2) is 52.9 Å². The monoisotopic (exact) mass is 360 g/mol. The third kappa shape index (κ3) is 3.99. The summed E-state index contributed by atoms with van der Waals surface area (Å²) in [5.41, 5.74) is 0.868. The van der Waals surface area contributed by atoms with E-state index in [4.69, 9.17) is 11.6 Å². The van der Waals surface area contributed by atoms with Crippen LogP contribution in [0.5, 0.6) is 0 Å². The number of aromatic amines is 1. The number of amides is 1. The SMILES string of the molecule is O=C(NC1CCCN(CC(F)(F)F)C1)c1n[nH]c2ccc(Cl)cc12. The number of nitrogens with one attached hydrogen (secondary N) is 2. The van der Waals surface area contributed by atoms with Gasteiger partial charge < -0.3 is 5.32 Å². The van der Waals surface area contributed by atoms with Crippen LogP contribution in [0.25, 0.3) is 10.9 Å². The molecule has 1 aliphatic rings. The van der Waals surface area contributed by atoms with Crippen LogP contribution >= 0.6 is 11.6 Å². The fraction of sp³-hybridized carbons (Fsp3) is 0.467. The van der Waals surface area contributed by atoms with Crippen LogP contribution in [0.15, 0.2) is 18.2 Å². The molecule has 1 aliphatic heterocycles. The number of nitrogens with zero attached hydrogens (tertiary/aromatic N) is 2. The van der Waals surface area contributed by atoms with Crippen molar-refractivity contribution in [1.29, 1.82) is 0 Å². The molecular formula is C15H16ClF3N4O. The maximum atomic E-state index is 12.5. The highest BCUT2D eigenvalue weighted by molar-refractivity contribution is 6.31. The first-order chi connectivity index (χ1) is 11.3. The van der Waals surface area contributed by atoms with Gasteiger partial charge in [0.05, 0.1) is 12.1 Å². The van der Waals surface area contributed by atoms with Crippen LogP contribution in [-0.2, 0) is 0 Å². The van der Waals surface area contributed by atoms with E-state index >= 15 is 0 Å². The van der Waals surface area contributed by atoms with Crippen molar-refractivity contribution >= 4 is 28.4 Å². The van der Waals surface area contributed by atoms with Gasteiger partial charge in [0.2, 0.25) is 0 Å². The first-order valence-corrected chi connectivity index (χ1v) is 7.93. The number of alkyl halides is 3. The predicted molar refractivity (Wildman–Crippen MR) is 84.1 cm³/mol. The maximum absolute atomic E-state index is 12.5. The van der Waals surface area contributed by atoms with E-state index in [0.717, 1.165) is 0 Å². The number of H-pyrrole nitrogens is 1. The average molecular weight is 361 g/mol. The average Bonchev–Trinajstić information content (AvgIpc) is 2.88. The van der Waals surface area contributed by atoms with Gasteiger partial charge in [0.1, 0.15) is 0 Å². The van der Waals surface area contributed by atoms with E-state index in [2.05, 4.69) is 15.5 Å². The summed E-state index contributed by atoms with van der Waals surface area (Å²) < 4.78 is 37.5. The lowest BCUT2D eigenvalue weighted by Crippen LogP contribution is -2.50. The van der Waals surface area contributed by atoms with Gasteiger partial charge in [0.25, 0.3) is 5.91 Å². The molecule has 1 unspecified atom stereocenters. The topological polar surface area (TPSA) is 61.0 Å². The molecule has 2 aromatic rings. The molecule has 5 nitrogen and oxygen atoms in total. The van der Waals surface area contributed by atoms with Gasteiger partial charge in [0.15, 0.2) is 5.69 Å². The Morgan fingerprint density at radius 3 is 3.00 bits per heavy atom. The van der Waals surface area contributed by atoms with Gasteiger partial charge in [-0.15, -0.1) is 0 Å². The highest BCUT2D eigenvalue weighted by Gasteiger charge is 2.33. The normalized spacial score (nSPS) is 19.6. The molecule has 0 aliphatic carbocycles. The summed E-state index contributed by atoms with van der Waals surface area (Å²) in [4.78, 5) is 13.7. The van der Waals surface area contributed by atoms with Gasteiger partial charge in [-0.3, -0.25) is 14.8 Å². The number of hydrogen-bond acceptors (Lipinski definition) is 3. The van der Waals surface area contributed by atoms with Crippen LogP contribution in [0.1, 0.15) is 23.3 Å². The number of aromatic nitrogens is 2. The fourth-order valence-electron chi connectivity index (χ4n) is 2.98. The highest BCUT2D eigenvalue weighted by atomic mass is 35.5. The van der Waals surface area contributed by atoms with E-state index in [0.29, 0.717) is 35.3 Å². The first-order valence-electron chi connectivity index (χ1n) is 7.55. The summed E-state index contributed by atoms with van der Waals surface area (Å²) in [6.45, 7) is -0.401. The third-order valence-electron chi connectivity index (χ3n) is 3.98. The van der Waals surface area contributed by atoms with Crippen molar-refractivity contribution in [3.05, 3.63) is 28.9 Å². The number of hydrogen-bond donors (Lipinski definition) is 2. The van der Waals surface area contributed by atoms with E-state index in [1.807, 2.05) is 0 Å². The smallest absolute Gasteiger partial charge is 0.347 e. The molecule has 2 N–H and O–H groups in total. The number of piperidine rings is 1. The van der Waals surface area contributed by atoms with Gasteiger partial charge in [-0.05, 0) is 37.6 Å². The number of carbonyl (C=O) groups excluding carboxylic acids is 1. The molecule has 1 fully saturated rings. The molecule has 3 rings (SSSR count). The second-order valence-electron chi connectivity index (χ2n) is 5.93. The van der Waals surface area contributed by atoms with Crippen molar-refractivity contribution in [3.63, 3.8) is 0 Å². The van der Waals surface area contributed by atoms with Crippen LogP contribution < -0.4 is 5.32 Å². The zero-order valence-electron chi connectivity index (χ0n) is 12.7. The Labute approximate surface area is 141 Å². The standard InChI is InChI=1S/C15H16ClF3N4O/c16-9-3-4-12-11(6-9)13(22-21-12)14(24)20-10-2-1-5-23(7-10)8-15(17,18)19/h3-4,6,10H,1-2,5,7-8H2,(H,20,24)(H,21,22). The summed E-state index contributed by atoms with van der Waals surface area (Å²) in [6, 6.07) is 4.69. The number of carbonyl (C=O) groups is 1. The van der Waals surface area contributed by atoms with Crippen LogP contribution in [0.3, 0.4) is 0 Å². The third-order valence-corrected chi connectivity index (χ3v) is 4.22. The highest BCUT2D eigenvalue weighted by Crippen LogP contribution is 2.22. The van der Waals surface area contributed by atoms with Gasteiger partial charge in [-0.1, -0.05) is 11.6 Å². The van der Waals surface area contributed by atoms with Crippen molar-refractivity contribution in [3.8, 4) is 0 Å². The molecule has 9 heteroatoms. The molecule has 24 heavy (non-hydrogen) atoms. The molecule has 1 aromatic carbocycles. The Balaban J connectivity index is 1.68. The molecule has 0 bridgehead atoms. The minimum Gasteiger partial charge on any atom is -0.347 e. The lowest BCUT2D eigenvalue weighted by Gasteiger charge is -2.33. The summed E-state index contributed by atoms with van der Waals surface area (Å²) in [5, 5.41) is 10.6. The minimum atomic E-state index is -4.24. The summed E-state index contributed by atoms with van der Waals surface area (Å²) >= 11 is 5.94. The molecule has 1 amide bonds. The molecule has 130 valence electrons. The van der Waals surface area contributed by atoms with E-state index in [-0.39, 0.29) is 18.3 Å². The molecular weight excluding hydrogens is 345 g/mol. The lowest BCUT2D eigenvalue weighted by atomic mass is 10.1. The second-order valence-corrected chi connectivity index (χ2v) is 6.36. The van der Waals surface area contributed by atoms with Crippen LogP contribution in [0, 0.1) is 0 Å². The quantitative estimate of drug-likeness (QED) is 0.884. The van der Waals surface area contributed by atoms with Crippen molar-refractivity contribution in [2.75, 3.05) is 19.6 Å². The van der Waals surface area contributed by atoms with Gasteiger partial charge >= 0.3 is 6.18 Å². The molecule has 0 spiro atoms. The zero-order valence-corrected chi connectivity index (χ0v) is 13.4. The summed E-state index contributed by atoms with van der Waals surface area (Å²) in [6.07, 6.45) is -2.99. The molecule has 1 atom stereocenters. The van der Waals surface area contributed by atoms with Gasteiger partial charge in [-0.25, -0.2) is 0 Å². The second kappa shape index (κ2) is 6.60. The minimum absolute atomic E-state index is 0.175.